The molecule has 0 amide bonds. The minimum atomic E-state index is -0.458. The van der Waals surface area contributed by atoms with Crippen molar-refractivity contribution in [2.75, 3.05) is 7.11 Å². The minimum Gasteiger partial charge on any atom is -0.465 e. The van der Waals surface area contributed by atoms with Crippen LogP contribution < -0.4 is 0 Å². The number of rotatable bonds is 6. The molecule has 2 rings (SSSR count). The summed E-state index contributed by atoms with van der Waals surface area (Å²) in [7, 11) is 1.34. The number of unbranched alkanes of at least 4 members (excludes halogenated alkanes) is 1. The highest BCUT2D eigenvalue weighted by molar-refractivity contribution is 6.15. The molecule has 4 nitrogen and oxygen atoms in total. The molecule has 1 heterocycles. The van der Waals surface area contributed by atoms with E-state index in [-0.39, 0.29) is 5.78 Å². The van der Waals surface area contributed by atoms with Crippen LogP contribution in [0.3, 0.4) is 0 Å². The molecule has 0 aliphatic heterocycles. The van der Waals surface area contributed by atoms with Gasteiger partial charge in [0.1, 0.15) is 0 Å². The van der Waals surface area contributed by atoms with Gasteiger partial charge in [0.2, 0.25) is 0 Å². The Bertz CT molecular complexity index is 714. The monoisotopic (exact) mass is 313 g/mol. The van der Waals surface area contributed by atoms with Crippen molar-refractivity contribution in [3.8, 4) is 0 Å². The van der Waals surface area contributed by atoms with Gasteiger partial charge in [0.25, 0.3) is 0 Å². The Balaban J connectivity index is 2.61. The molecule has 0 unspecified atom stereocenters. The number of ketones is 1. The number of aromatic nitrogens is 1. The molecule has 122 valence electrons. The highest BCUT2D eigenvalue weighted by atomic mass is 16.5. The van der Waals surface area contributed by atoms with E-state index in [1.54, 1.807) is 12.1 Å². The van der Waals surface area contributed by atoms with E-state index in [2.05, 4.69) is 6.92 Å². The number of nitrogens with zero attached hydrogens (tertiary/aromatic N) is 1. The topological polar surface area (TPSA) is 48.3 Å². The van der Waals surface area contributed by atoms with Crippen LogP contribution >= 0.6 is 0 Å². The van der Waals surface area contributed by atoms with Gasteiger partial charge < -0.3 is 9.30 Å². The molecule has 0 saturated heterocycles. The first-order valence-electron chi connectivity index (χ1n) is 7.90. The van der Waals surface area contributed by atoms with Gasteiger partial charge in [-0.05, 0) is 20.3 Å². The van der Waals surface area contributed by atoms with Crippen LogP contribution in [0, 0.1) is 13.8 Å². The quantitative estimate of drug-likeness (QED) is 0.600. The molecule has 0 aliphatic carbocycles. The Hall–Kier alpha value is -2.36. The zero-order chi connectivity index (χ0) is 17.0. The maximum atomic E-state index is 12.9. The molecule has 1 aromatic carbocycles. The first-order valence-corrected chi connectivity index (χ1v) is 7.90. The van der Waals surface area contributed by atoms with Crippen LogP contribution in [0.4, 0.5) is 0 Å². The van der Waals surface area contributed by atoms with Crippen LogP contribution in [0.2, 0.25) is 0 Å². The van der Waals surface area contributed by atoms with Crippen molar-refractivity contribution in [1.82, 2.24) is 4.57 Å². The summed E-state index contributed by atoms with van der Waals surface area (Å²) in [5.41, 5.74) is 3.03. The van der Waals surface area contributed by atoms with Crippen LogP contribution in [0.1, 0.15) is 57.4 Å². The Morgan fingerprint density at radius 3 is 2.22 bits per heavy atom. The maximum Gasteiger partial charge on any atom is 0.340 e. The zero-order valence-electron chi connectivity index (χ0n) is 14.2. The summed E-state index contributed by atoms with van der Waals surface area (Å²) >= 11 is 0. The third kappa shape index (κ3) is 3.21. The third-order valence-corrected chi connectivity index (χ3v) is 4.17. The van der Waals surface area contributed by atoms with E-state index in [1.807, 2.05) is 36.6 Å². The molecular formula is C19H23NO3. The average molecular weight is 313 g/mol. The predicted octanol–water partition coefficient (Wildman–Crippen LogP) is 3.92. The Morgan fingerprint density at radius 1 is 1.04 bits per heavy atom. The van der Waals surface area contributed by atoms with Crippen LogP contribution in [0.5, 0.6) is 0 Å². The molecule has 2 aromatic rings. The fourth-order valence-electron chi connectivity index (χ4n) is 2.90. The van der Waals surface area contributed by atoms with Crippen molar-refractivity contribution in [3.63, 3.8) is 0 Å². The minimum absolute atomic E-state index is 0.137. The van der Waals surface area contributed by atoms with E-state index in [0.29, 0.717) is 16.7 Å². The lowest BCUT2D eigenvalue weighted by Crippen LogP contribution is -2.11. The number of carbonyl (C=O) groups is 2. The number of carbonyl (C=O) groups excluding carboxylic acids is 2. The second kappa shape index (κ2) is 7.27. The van der Waals surface area contributed by atoms with E-state index in [9.17, 15) is 9.59 Å². The fraction of sp³-hybridized carbons (Fsp3) is 0.368. The van der Waals surface area contributed by atoms with Gasteiger partial charge in [-0.2, -0.15) is 0 Å². The van der Waals surface area contributed by atoms with Crippen molar-refractivity contribution in [1.29, 1.82) is 0 Å². The van der Waals surface area contributed by atoms with Gasteiger partial charge in [0.05, 0.1) is 18.2 Å². The first kappa shape index (κ1) is 17.0. The largest absolute Gasteiger partial charge is 0.465 e. The first-order chi connectivity index (χ1) is 11.0. The maximum absolute atomic E-state index is 12.9. The summed E-state index contributed by atoms with van der Waals surface area (Å²) < 4.78 is 6.96. The Kier molecular flexibility index (Phi) is 5.37. The normalized spacial score (nSPS) is 10.6. The molecule has 0 radical (unpaired) electrons. The third-order valence-electron chi connectivity index (χ3n) is 4.17. The molecule has 0 saturated carbocycles. The highest BCUT2D eigenvalue weighted by Gasteiger charge is 2.28. The van der Waals surface area contributed by atoms with Gasteiger partial charge in [0, 0.05) is 23.5 Å². The Morgan fingerprint density at radius 2 is 1.65 bits per heavy atom. The Labute approximate surface area is 137 Å². The zero-order valence-corrected chi connectivity index (χ0v) is 14.2. The van der Waals surface area contributed by atoms with Crippen molar-refractivity contribution in [3.05, 3.63) is 58.4 Å². The van der Waals surface area contributed by atoms with E-state index >= 15 is 0 Å². The second-order valence-electron chi connectivity index (χ2n) is 5.61. The van der Waals surface area contributed by atoms with Crippen molar-refractivity contribution < 1.29 is 14.3 Å². The molecule has 0 aliphatic rings. The number of hydrogen-bond donors (Lipinski definition) is 0. The predicted molar refractivity (Wildman–Crippen MR) is 90.0 cm³/mol. The summed E-state index contributed by atoms with van der Waals surface area (Å²) in [6.45, 7) is 6.67. The van der Waals surface area contributed by atoms with Crippen LogP contribution in [-0.4, -0.2) is 23.4 Å². The summed E-state index contributed by atoms with van der Waals surface area (Å²) in [5, 5.41) is 0. The van der Waals surface area contributed by atoms with Gasteiger partial charge >= 0.3 is 5.97 Å². The van der Waals surface area contributed by atoms with E-state index in [4.69, 9.17) is 4.74 Å². The summed E-state index contributed by atoms with van der Waals surface area (Å²) in [5.74, 6) is -0.595. The molecule has 4 heteroatoms. The molecule has 23 heavy (non-hydrogen) atoms. The molecular weight excluding hydrogens is 290 g/mol. The van der Waals surface area contributed by atoms with E-state index in [1.165, 1.54) is 7.11 Å². The molecule has 0 spiro atoms. The van der Waals surface area contributed by atoms with Crippen LogP contribution in [-0.2, 0) is 11.3 Å². The van der Waals surface area contributed by atoms with Gasteiger partial charge in [-0.3, -0.25) is 4.79 Å². The summed E-state index contributed by atoms with van der Waals surface area (Å²) in [6.07, 6.45) is 2.04. The van der Waals surface area contributed by atoms with Gasteiger partial charge in [-0.25, -0.2) is 4.79 Å². The van der Waals surface area contributed by atoms with Gasteiger partial charge in [-0.1, -0.05) is 43.7 Å². The van der Waals surface area contributed by atoms with Crippen molar-refractivity contribution in [2.45, 2.75) is 40.2 Å². The fourth-order valence-corrected chi connectivity index (χ4v) is 2.90. The van der Waals surface area contributed by atoms with Crippen molar-refractivity contribution in [2.24, 2.45) is 0 Å². The van der Waals surface area contributed by atoms with Gasteiger partial charge in [-0.15, -0.1) is 0 Å². The molecule has 0 fully saturated rings. The number of ether oxygens (including phenoxy) is 1. The standard InChI is InChI=1S/C19H23NO3/c1-5-6-12-20-13(2)16(17(14(20)3)19(22)23-4)18(21)15-10-8-7-9-11-15/h7-11H,5-6,12H2,1-4H3. The molecule has 0 bridgehead atoms. The number of hydrogen-bond acceptors (Lipinski definition) is 3. The highest BCUT2D eigenvalue weighted by Crippen LogP contribution is 2.26. The number of esters is 1. The lowest BCUT2D eigenvalue weighted by atomic mass is 9.99. The number of benzene rings is 1. The van der Waals surface area contributed by atoms with E-state index < -0.39 is 5.97 Å². The summed E-state index contributed by atoms with van der Waals surface area (Å²) in [4.78, 5) is 25.2. The summed E-state index contributed by atoms with van der Waals surface area (Å²) in [6, 6.07) is 9.04. The second-order valence-corrected chi connectivity index (χ2v) is 5.61. The molecule has 0 atom stereocenters. The lowest BCUT2D eigenvalue weighted by molar-refractivity contribution is 0.0596. The van der Waals surface area contributed by atoms with Crippen LogP contribution in [0.15, 0.2) is 30.3 Å². The molecule has 1 aromatic heterocycles. The van der Waals surface area contributed by atoms with E-state index in [0.717, 1.165) is 30.8 Å². The van der Waals surface area contributed by atoms with Gasteiger partial charge in [0.15, 0.2) is 5.78 Å². The van der Waals surface area contributed by atoms with Crippen molar-refractivity contribution >= 4 is 11.8 Å². The number of methoxy groups -OCH3 is 1. The SMILES string of the molecule is CCCCn1c(C)c(C(=O)OC)c(C(=O)c2ccccc2)c1C. The average Bonchev–Trinajstić information content (AvgIpc) is 2.83. The molecule has 0 N–H and O–H groups in total. The smallest absolute Gasteiger partial charge is 0.340 e. The van der Waals surface area contributed by atoms with Crippen LogP contribution in [0.25, 0.3) is 0 Å². The lowest BCUT2D eigenvalue weighted by Gasteiger charge is -2.08.